The van der Waals surface area contributed by atoms with Crippen LogP contribution in [0.5, 0.6) is 0 Å². The number of nitrogens with zero attached hydrogens (tertiary/aromatic N) is 6. The van der Waals surface area contributed by atoms with Gasteiger partial charge in [-0.15, -0.1) is 0 Å². The molecule has 17 heteroatoms. The van der Waals surface area contributed by atoms with Crippen molar-refractivity contribution in [2.45, 2.75) is 38.5 Å². The third-order valence-electron chi connectivity index (χ3n) is 6.06. The van der Waals surface area contributed by atoms with Crippen molar-refractivity contribution in [3.8, 4) is 0 Å². The Morgan fingerprint density at radius 2 is 1.76 bits per heavy atom. The third kappa shape index (κ3) is 8.83. The lowest BCUT2D eigenvalue weighted by atomic mass is 10.1. The minimum absolute atomic E-state index is 0.0333. The van der Waals surface area contributed by atoms with E-state index in [1.807, 2.05) is 0 Å². The molecule has 224 valence electrons. The van der Waals surface area contributed by atoms with Gasteiger partial charge >= 0.3 is 6.18 Å². The number of halogens is 6. The van der Waals surface area contributed by atoms with Crippen LogP contribution in [-0.4, -0.2) is 72.3 Å². The monoisotopic (exact) mass is 591 g/mol. The molecule has 3 rings (SSSR count). The summed E-state index contributed by atoms with van der Waals surface area (Å²) in [6, 6.07) is 1.13. The first-order chi connectivity index (χ1) is 19.5. The SMILES string of the molecule is [N-]=[N+]=NCCOCCOCCNC(=O)c1nc(C(F)(F)F)n2c1CN(C(=O)CCCc1cc(F)c(F)cc1F)CC2. The zero-order chi connectivity index (χ0) is 30.0. The molecule has 1 aromatic heterocycles. The van der Waals surface area contributed by atoms with Gasteiger partial charge in [0.25, 0.3) is 5.91 Å². The van der Waals surface area contributed by atoms with Gasteiger partial charge in [-0.1, -0.05) is 5.11 Å². The number of rotatable bonds is 14. The number of imidazole rings is 1. The van der Waals surface area contributed by atoms with E-state index < -0.39 is 47.0 Å². The highest BCUT2D eigenvalue weighted by Crippen LogP contribution is 2.32. The molecule has 1 aliphatic rings. The fourth-order valence-electron chi connectivity index (χ4n) is 4.12. The predicted octanol–water partition coefficient (Wildman–Crippen LogP) is 3.76. The van der Waals surface area contributed by atoms with Gasteiger partial charge in [0.15, 0.2) is 17.3 Å². The van der Waals surface area contributed by atoms with Gasteiger partial charge in [-0.2, -0.15) is 13.2 Å². The Kier molecular flexibility index (Phi) is 11.4. The maximum Gasteiger partial charge on any atom is 0.449 e. The van der Waals surface area contributed by atoms with Crippen LogP contribution in [0.15, 0.2) is 17.2 Å². The summed E-state index contributed by atoms with van der Waals surface area (Å²) in [6.07, 6.45) is -4.95. The lowest BCUT2D eigenvalue weighted by Gasteiger charge is -2.29. The van der Waals surface area contributed by atoms with Crippen LogP contribution >= 0.6 is 0 Å². The molecule has 1 aromatic carbocycles. The molecule has 0 bridgehead atoms. The predicted molar refractivity (Wildman–Crippen MR) is 130 cm³/mol. The maximum absolute atomic E-state index is 13.8. The number of aryl methyl sites for hydroxylation is 1. The molecule has 0 spiro atoms. The van der Waals surface area contributed by atoms with E-state index in [0.717, 1.165) is 4.57 Å². The second-order valence-electron chi connectivity index (χ2n) is 8.84. The van der Waals surface area contributed by atoms with Crippen LogP contribution in [0.3, 0.4) is 0 Å². The lowest BCUT2D eigenvalue weighted by Crippen LogP contribution is -2.40. The second kappa shape index (κ2) is 14.7. The summed E-state index contributed by atoms with van der Waals surface area (Å²) >= 11 is 0. The van der Waals surface area contributed by atoms with E-state index in [-0.39, 0.29) is 89.7 Å². The standard InChI is InChI=1S/C24H27F6N7O4/c25-16-13-18(27)17(26)12-15(16)2-1-3-20(38)36-6-7-37-19(14-36)21(34-23(37)24(28,29)30)22(39)32-4-8-40-10-11-41-9-5-33-35-31/h12-13H,1-11,14H2,(H,32,39). The Morgan fingerprint density at radius 3 is 2.46 bits per heavy atom. The van der Waals surface area contributed by atoms with Crippen LogP contribution in [0.25, 0.3) is 10.4 Å². The summed E-state index contributed by atoms with van der Waals surface area (Å²) in [5.74, 6) is -6.09. The van der Waals surface area contributed by atoms with Crippen molar-refractivity contribution in [1.29, 1.82) is 0 Å². The zero-order valence-electron chi connectivity index (χ0n) is 21.7. The molecule has 1 aliphatic heterocycles. The van der Waals surface area contributed by atoms with Crippen LogP contribution < -0.4 is 5.32 Å². The van der Waals surface area contributed by atoms with Crippen molar-refractivity contribution in [3.63, 3.8) is 0 Å². The van der Waals surface area contributed by atoms with Crippen molar-refractivity contribution in [2.24, 2.45) is 5.11 Å². The summed E-state index contributed by atoms with van der Waals surface area (Å²) in [6.45, 7) is 0.119. The highest BCUT2D eigenvalue weighted by atomic mass is 19.4. The van der Waals surface area contributed by atoms with E-state index in [0.29, 0.717) is 12.1 Å². The van der Waals surface area contributed by atoms with Gasteiger partial charge in [-0.05, 0) is 30.0 Å². The quantitative estimate of drug-likeness (QED) is 0.0892. The van der Waals surface area contributed by atoms with Gasteiger partial charge in [-0.25, -0.2) is 18.2 Å². The first kappa shape index (κ1) is 31.7. The molecule has 2 aromatic rings. The van der Waals surface area contributed by atoms with Crippen molar-refractivity contribution < 1.29 is 45.4 Å². The number of azide groups is 1. The molecule has 2 heterocycles. The number of fused-ring (bicyclic) bond motifs is 1. The largest absolute Gasteiger partial charge is 0.449 e. The van der Waals surface area contributed by atoms with E-state index in [9.17, 15) is 35.9 Å². The Hall–Kier alpha value is -3.82. The molecule has 0 unspecified atom stereocenters. The summed E-state index contributed by atoms with van der Waals surface area (Å²) in [5.41, 5.74) is 7.49. The van der Waals surface area contributed by atoms with Gasteiger partial charge in [0, 0.05) is 43.6 Å². The second-order valence-corrected chi connectivity index (χ2v) is 8.84. The van der Waals surface area contributed by atoms with E-state index >= 15 is 0 Å². The topological polar surface area (TPSA) is 134 Å². The molecular weight excluding hydrogens is 564 g/mol. The van der Waals surface area contributed by atoms with Crippen molar-refractivity contribution in [3.05, 3.63) is 62.8 Å². The number of amides is 2. The molecule has 0 radical (unpaired) electrons. The van der Waals surface area contributed by atoms with Crippen LogP contribution in [-0.2, 0) is 40.0 Å². The molecule has 11 nitrogen and oxygen atoms in total. The van der Waals surface area contributed by atoms with Crippen molar-refractivity contribution in [1.82, 2.24) is 19.8 Å². The van der Waals surface area contributed by atoms with Gasteiger partial charge in [0.1, 0.15) is 5.82 Å². The number of nitrogens with one attached hydrogen (secondary N) is 1. The first-order valence-corrected chi connectivity index (χ1v) is 12.5. The molecule has 0 atom stereocenters. The van der Waals surface area contributed by atoms with Gasteiger partial charge < -0.3 is 24.3 Å². The number of hydrogen-bond donors (Lipinski definition) is 1. The minimum Gasteiger partial charge on any atom is -0.379 e. The minimum atomic E-state index is -4.84. The summed E-state index contributed by atoms with van der Waals surface area (Å²) < 4.78 is 92.5. The number of alkyl halides is 3. The molecule has 0 saturated heterocycles. The summed E-state index contributed by atoms with van der Waals surface area (Å²) in [7, 11) is 0. The van der Waals surface area contributed by atoms with E-state index in [4.69, 9.17) is 15.0 Å². The Balaban J connectivity index is 1.56. The Labute approximate surface area is 230 Å². The highest BCUT2D eigenvalue weighted by Gasteiger charge is 2.41. The lowest BCUT2D eigenvalue weighted by molar-refractivity contribution is -0.148. The number of carbonyl (C=O) groups is 2. The first-order valence-electron chi connectivity index (χ1n) is 12.5. The molecule has 1 N–H and O–H groups in total. The third-order valence-corrected chi connectivity index (χ3v) is 6.06. The average Bonchev–Trinajstić information content (AvgIpc) is 3.32. The maximum atomic E-state index is 13.8. The number of carbonyl (C=O) groups excluding carboxylic acids is 2. The van der Waals surface area contributed by atoms with Gasteiger partial charge in [0.05, 0.1) is 38.7 Å². The number of benzene rings is 1. The summed E-state index contributed by atoms with van der Waals surface area (Å²) in [4.78, 5) is 32.8. The van der Waals surface area contributed by atoms with Crippen LogP contribution in [0.1, 0.15) is 40.4 Å². The van der Waals surface area contributed by atoms with Crippen LogP contribution in [0, 0.1) is 17.5 Å². The molecule has 41 heavy (non-hydrogen) atoms. The van der Waals surface area contributed by atoms with E-state index in [2.05, 4.69) is 20.3 Å². The molecular formula is C24H27F6N7O4. The molecule has 0 aliphatic carbocycles. The van der Waals surface area contributed by atoms with Crippen molar-refractivity contribution >= 4 is 11.8 Å². The average molecular weight is 592 g/mol. The molecule has 0 saturated carbocycles. The number of aromatic nitrogens is 2. The number of ether oxygens (including phenoxy) is 2. The van der Waals surface area contributed by atoms with Crippen LogP contribution in [0.2, 0.25) is 0 Å². The smallest absolute Gasteiger partial charge is 0.379 e. The Bertz CT molecular complexity index is 1280. The van der Waals surface area contributed by atoms with Gasteiger partial charge in [0.2, 0.25) is 11.7 Å². The van der Waals surface area contributed by atoms with Crippen molar-refractivity contribution in [2.75, 3.05) is 46.1 Å². The fourth-order valence-corrected chi connectivity index (χ4v) is 4.12. The number of hydrogen-bond acceptors (Lipinski definition) is 6. The van der Waals surface area contributed by atoms with E-state index in [1.54, 1.807) is 0 Å². The normalized spacial score (nSPS) is 13.1. The summed E-state index contributed by atoms with van der Waals surface area (Å²) in [5, 5.41) is 5.74. The van der Waals surface area contributed by atoms with Crippen LogP contribution in [0.4, 0.5) is 26.3 Å². The molecule has 0 fully saturated rings. The fraction of sp³-hybridized carbons (Fsp3) is 0.542. The van der Waals surface area contributed by atoms with Gasteiger partial charge in [-0.3, -0.25) is 9.59 Å². The molecule has 2 amide bonds. The zero-order valence-corrected chi connectivity index (χ0v) is 21.7. The van der Waals surface area contributed by atoms with E-state index in [1.165, 1.54) is 4.90 Å². The highest BCUT2D eigenvalue weighted by molar-refractivity contribution is 5.93. The Morgan fingerprint density at radius 1 is 1.05 bits per heavy atom.